The molecule has 0 aliphatic carbocycles. The molecule has 2 aromatic rings. The highest BCUT2D eigenvalue weighted by molar-refractivity contribution is 6.34. The van der Waals surface area contributed by atoms with Crippen molar-refractivity contribution in [1.82, 2.24) is 14.8 Å². The Morgan fingerprint density at radius 1 is 1.50 bits per heavy atom. The van der Waals surface area contributed by atoms with E-state index in [1.165, 1.54) is 0 Å². The van der Waals surface area contributed by atoms with Crippen molar-refractivity contribution in [2.24, 2.45) is 7.05 Å². The Balaban J connectivity index is 1.97. The Bertz CT molecular complexity index is 584. The van der Waals surface area contributed by atoms with Gasteiger partial charge in [-0.2, -0.15) is 10.4 Å². The number of anilines is 1. The van der Waals surface area contributed by atoms with Crippen LogP contribution in [0.4, 0.5) is 5.82 Å². The SMILES string of the molecule is Cn1ccc(CCNc2nccc(C#N)c2Cl)n1. The van der Waals surface area contributed by atoms with Crippen LogP contribution in [0.2, 0.25) is 5.02 Å². The molecule has 0 atom stereocenters. The number of hydrogen-bond acceptors (Lipinski definition) is 4. The Kier molecular flexibility index (Phi) is 3.80. The fraction of sp³-hybridized carbons (Fsp3) is 0.250. The van der Waals surface area contributed by atoms with E-state index in [1.807, 2.05) is 25.4 Å². The Labute approximate surface area is 110 Å². The number of aryl methyl sites for hydroxylation is 1. The molecule has 1 N–H and O–H groups in total. The molecule has 0 bridgehead atoms. The summed E-state index contributed by atoms with van der Waals surface area (Å²) in [5.41, 5.74) is 1.42. The zero-order valence-electron chi connectivity index (χ0n) is 9.89. The first-order valence-electron chi connectivity index (χ1n) is 5.47. The zero-order chi connectivity index (χ0) is 13.0. The van der Waals surface area contributed by atoms with Crippen LogP contribution >= 0.6 is 11.6 Å². The molecule has 6 heteroatoms. The van der Waals surface area contributed by atoms with Crippen molar-refractivity contribution < 1.29 is 0 Å². The maximum atomic E-state index is 8.85. The third-order valence-corrected chi connectivity index (χ3v) is 2.83. The van der Waals surface area contributed by atoms with Crippen molar-refractivity contribution in [1.29, 1.82) is 5.26 Å². The molecule has 0 aliphatic heterocycles. The van der Waals surface area contributed by atoms with Crippen LogP contribution in [0.5, 0.6) is 0 Å². The van der Waals surface area contributed by atoms with Crippen LogP contribution in [0.1, 0.15) is 11.3 Å². The standard InChI is InChI=1S/C12H12ClN5/c1-18-7-4-10(17-18)3-6-16-12-11(13)9(8-14)2-5-15-12/h2,4-5,7H,3,6H2,1H3,(H,15,16). The van der Waals surface area contributed by atoms with Crippen molar-refractivity contribution in [3.63, 3.8) is 0 Å². The lowest BCUT2D eigenvalue weighted by molar-refractivity contribution is 0.742. The van der Waals surface area contributed by atoms with E-state index in [-0.39, 0.29) is 0 Å². The summed E-state index contributed by atoms with van der Waals surface area (Å²) in [6, 6.07) is 5.57. The first kappa shape index (κ1) is 12.4. The van der Waals surface area contributed by atoms with E-state index in [0.29, 0.717) is 22.9 Å². The number of pyridine rings is 1. The Hall–Kier alpha value is -2.06. The van der Waals surface area contributed by atoms with Gasteiger partial charge in [0.15, 0.2) is 0 Å². The summed E-state index contributed by atoms with van der Waals surface area (Å²) in [6.45, 7) is 0.665. The summed E-state index contributed by atoms with van der Waals surface area (Å²) in [5.74, 6) is 0.534. The third kappa shape index (κ3) is 2.79. The van der Waals surface area contributed by atoms with E-state index in [9.17, 15) is 0 Å². The second kappa shape index (κ2) is 5.52. The van der Waals surface area contributed by atoms with Gasteiger partial charge in [-0.15, -0.1) is 0 Å². The second-order valence-electron chi connectivity index (χ2n) is 3.79. The van der Waals surface area contributed by atoms with E-state index in [4.69, 9.17) is 16.9 Å². The second-order valence-corrected chi connectivity index (χ2v) is 4.17. The van der Waals surface area contributed by atoms with Gasteiger partial charge in [0.25, 0.3) is 0 Å². The number of nitriles is 1. The fourth-order valence-electron chi connectivity index (χ4n) is 1.56. The van der Waals surface area contributed by atoms with Gasteiger partial charge in [-0.1, -0.05) is 11.6 Å². The average Bonchev–Trinajstić information content (AvgIpc) is 2.77. The van der Waals surface area contributed by atoms with Crippen LogP contribution in [0.3, 0.4) is 0 Å². The molecule has 2 rings (SSSR count). The summed E-state index contributed by atoms with van der Waals surface area (Å²) in [6.07, 6.45) is 4.24. The normalized spacial score (nSPS) is 10.1. The summed E-state index contributed by atoms with van der Waals surface area (Å²) in [5, 5.41) is 16.6. The highest BCUT2D eigenvalue weighted by Gasteiger charge is 2.06. The number of halogens is 1. The molecule has 0 fully saturated rings. The molecule has 0 spiro atoms. The minimum atomic E-state index is 0.362. The average molecular weight is 262 g/mol. The lowest BCUT2D eigenvalue weighted by Crippen LogP contribution is -2.07. The molecule has 92 valence electrons. The van der Waals surface area contributed by atoms with Crippen molar-refractivity contribution in [3.05, 3.63) is 40.8 Å². The van der Waals surface area contributed by atoms with Crippen molar-refractivity contribution in [2.75, 3.05) is 11.9 Å². The van der Waals surface area contributed by atoms with Gasteiger partial charge >= 0.3 is 0 Å². The first-order valence-corrected chi connectivity index (χ1v) is 5.85. The van der Waals surface area contributed by atoms with Gasteiger partial charge in [-0.3, -0.25) is 4.68 Å². The van der Waals surface area contributed by atoms with Gasteiger partial charge in [-0.25, -0.2) is 4.98 Å². The van der Waals surface area contributed by atoms with E-state index in [1.54, 1.807) is 16.9 Å². The first-order chi connectivity index (χ1) is 8.70. The summed E-state index contributed by atoms with van der Waals surface area (Å²) >= 11 is 6.03. The maximum Gasteiger partial charge on any atom is 0.146 e. The van der Waals surface area contributed by atoms with Crippen LogP contribution in [-0.2, 0) is 13.5 Å². The molecule has 0 aliphatic rings. The number of aromatic nitrogens is 3. The van der Waals surface area contributed by atoms with Crippen molar-refractivity contribution in [3.8, 4) is 6.07 Å². The van der Waals surface area contributed by atoms with Crippen LogP contribution in [0.15, 0.2) is 24.5 Å². The van der Waals surface area contributed by atoms with Gasteiger partial charge in [0, 0.05) is 32.4 Å². The zero-order valence-corrected chi connectivity index (χ0v) is 10.6. The van der Waals surface area contributed by atoms with Crippen LogP contribution in [0.25, 0.3) is 0 Å². The maximum absolute atomic E-state index is 8.85. The molecule has 0 aromatic carbocycles. The molecular formula is C12H12ClN5. The van der Waals surface area contributed by atoms with E-state index >= 15 is 0 Å². The highest BCUT2D eigenvalue weighted by Crippen LogP contribution is 2.22. The van der Waals surface area contributed by atoms with E-state index < -0.39 is 0 Å². The third-order valence-electron chi connectivity index (χ3n) is 2.45. The van der Waals surface area contributed by atoms with Gasteiger partial charge in [0.2, 0.25) is 0 Å². The van der Waals surface area contributed by atoms with Gasteiger partial charge in [0.1, 0.15) is 16.9 Å². The van der Waals surface area contributed by atoms with Crippen LogP contribution in [0, 0.1) is 11.3 Å². The number of nitrogens with one attached hydrogen (secondary N) is 1. The number of rotatable bonds is 4. The Morgan fingerprint density at radius 2 is 2.33 bits per heavy atom. The monoisotopic (exact) mass is 261 g/mol. The predicted molar refractivity (Wildman–Crippen MR) is 69.4 cm³/mol. The topological polar surface area (TPSA) is 66.5 Å². The van der Waals surface area contributed by atoms with Crippen LogP contribution in [-0.4, -0.2) is 21.3 Å². The molecule has 0 amide bonds. The molecule has 18 heavy (non-hydrogen) atoms. The largest absolute Gasteiger partial charge is 0.368 e. The summed E-state index contributed by atoms with van der Waals surface area (Å²) in [7, 11) is 1.88. The van der Waals surface area contributed by atoms with Gasteiger partial charge in [-0.05, 0) is 12.1 Å². The quantitative estimate of drug-likeness (QED) is 0.914. The molecule has 2 aromatic heterocycles. The summed E-state index contributed by atoms with van der Waals surface area (Å²) in [4.78, 5) is 4.10. The number of hydrogen-bond donors (Lipinski definition) is 1. The smallest absolute Gasteiger partial charge is 0.146 e. The molecule has 0 saturated carbocycles. The molecule has 0 saturated heterocycles. The van der Waals surface area contributed by atoms with Gasteiger partial charge < -0.3 is 5.32 Å². The van der Waals surface area contributed by atoms with E-state index in [2.05, 4.69) is 15.4 Å². The fourth-order valence-corrected chi connectivity index (χ4v) is 1.78. The molecule has 0 radical (unpaired) electrons. The number of nitrogens with zero attached hydrogens (tertiary/aromatic N) is 4. The van der Waals surface area contributed by atoms with Crippen molar-refractivity contribution in [2.45, 2.75) is 6.42 Å². The van der Waals surface area contributed by atoms with E-state index in [0.717, 1.165) is 12.1 Å². The molecule has 2 heterocycles. The predicted octanol–water partition coefficient (Wildman–Crippen LogP) is 1.99. The molecular weight excluding hydrogens is 250 g/mol. The molecule has 0 unspecified atom stereocenters. The summed E-state index contributed by atoms with van der Waals surface area (Å²) < 4.78 is 1.76. The lowest BCUT2D eigenvalue weighted by atomic mass is 10.2. The Morgan fingerprint density at radius 3 is 3.00 bits per heavy atom. The van der Waals surface area contributed by atoms with Crippen molar-refractivity contribution >= 4 is 17.4 Å². The van der Waals surface area contributed by atoms with Gasteiger partial charge in [0.05, 0.1) is 11.3 Å². The minimum Gasteiger partial charge on any atom is -0.368 e. The van der Waals surface area contributed by atoms with Crippen LogP contribution < -0.4 is 5.32 Å². The lowest BCUT2D eigenvalue weighted by Gasteiger charge is -2.06. The molecule has 5 nitrogen and oxygen atoms in total. The highest BCUT2D eigenvalue weighted by atomic mass is 35.5. The minimum absolute atomic E-state index is 0.362.